The van der Waals surface area contributed by atoms with Crippen LogP contribution in [-0.4, -0.2) is 43.1 Å². The van der Waals surface area contributed by atoms with E-state index in [1.54, 1.807) is 13.1 Å². The summed E-state index contributed by atoms with van der Waals surface area (Å²) < 4.78 is 5.23. The van der Waals surface area contributed by atoms with E-state index in [9.17, 15) is 9.59 Å². The summed E-state index contributed by atoms with van der Waals surface area (Å²) in [6.07, 6.45) is 3.14. The van der Waals surface area contributed by atoms with E-state index in [1.807, 2.05) is 31.2 Å². The summed E-state index contributed by atoms with van der Waals surface area (Å²) >= 11 is 0. The normalized spacial score (nSPS) is 15.1. The van der Waals surface area contributed by atoms with E-state index in [2.05, 4.69) is 15.2 Å². The number of ether oxygens (including phenoxy) is 1. The Bertz CT molecular complexity index is 798. The molecule has 1 N–H and O–H groups in total. The monoisotopic (exact) mass is 355 g/mol. The first-order chi connectivity index (χ1) is 12.7. The molecule has 0 unspecified atom stereocenters. The van der Waals surface area contributed by atoms with Crippen molar-refractivity contribution < 1.29 is 14.3 Å². The molecule has 0 spiro atoms. The van der Waals surface area contributed by atoms with Gasteiger partial charge in [-0.05, 0) is 32.8 Å². The molecular formula is C20H25N3O3. The molecular weight excluding hydrogens is 330 g/mol. The van der Waals surface area contributed by atoms with Gasteiger partial charge in [0.15, 0.2) is 0 Å². The van der Waals surface area contributed by atoms with Crippen molar-refractivity contribution in [2.45, 2.75) is 26.7 Å². The fraction of sp³-hybridized carbons (Fsp3) is 0.450. The van der Waals surface area contributed by atoms with Crippen LogP contribution in [0.2, 0.25) is 0 Å². The highest BCUT2D eigenvalue weighted by Gasteiger charge is 2.28. The van der Waals surface area contributed by atoms with E-state index in [0.717, 1.165) is 42.5 Å². The number of esters is 1. The number of hydrogen-bond donors (Lipinski definition) is 1. The molecule has 26 heavy (non-hydrogen) atoms. The highest BCUT2D eigenvalue weighted by molar-refractivity contribution is 6.05. The number of rotatable bonds is 5. The van der Waals surface area contributed by atoms with Crippen LogP contribution in [0.4, 0.5) is 5.69 Å². The van der Waals surface area contributed by atoms with Crippen LogP contribution in [0.5, 0.6) is 0 Å². The number of para-hydroxylation sites is 1. The van der Waals surface area contributed by atoms with Crippen molar-refractivity contribution in [2.75, 3.05) is 31.1 Å². The molecule has 2 aromatic rings. The molecule has 0 radical (unpaired) electrons. The quantitative estimate of drug-likeness (QED) is 0.835. The Kier molecular flexibility index (Phi) is 5.71. The standard InChI is InChI=1S/C20H25N3O3/c1-3-21-19(24)14-9-11-23(12-10-14)18-15-7-5-6-8-17(15)22-13-16(18)20(25)26-4-2/h5-8,13-14H,3-4,9-12H2,1-2H3,(H,21,24). The third kappa shape index (κ3) is 3.64. The molecule has 6 heteroatoms. The summed E-state index contributed by atoms with van der Waals surface area (Å²) in [5.74, 6) is -0.200. The van der Waals surface area contributed by atoms with Gasteiger partial charge in [0.1, 0.15) is 5.56 Å². The van der Waals surface area contributed by atoms with Crippen molar-refractivity contribution in [3.05, 3.63) is 36.0 Å². The third-order valence-corrected chi connectivity index (χ3v) is 4.78. The molecule has 2 heterocycles. The molecule has 138 valence electrons. The Labute approximate surface area is 153 Å². The SMILES string of the molecule is CCNC(=O)C1CCN(c2c(C(=O)OCC)cnc3ccccc23)CC1. The fourth-order valence-electron chi connectivity index (χ4n) is 3.51. The van der Waals surface area contributed by atoms with Gasteiger partial charge < -0.3 is 15.0 Å². The summed E-state index contributed by atoms with van der Waals surface area (Å²) in [5, 5.41) is 3.84. The Balaban J connectivity index is 1.92. The lowest BCUT2D eigenvalue weighted by molar-refractivity contribution is -0.125. The molecule has 1 fully saturated rings. The first-order valence-electron chi connectivity index (χ1n) is 9.23. The second-order valence-corrected chi connectivity index (χ2v) is 6.41. The van der Waals surface area contributed by atoms with Gasteiger partial charge >= 0.3 is 5.97 Å². The maximum Gasteiger partial charge on any atom is 0.341 e. The number of carbonyl (C=O) groups excluding carboxylic acids is 2. The number of amides is 1. The topological polar surface area (TPSA) is 71.5 Å². The average molecular weight is 355 g/mol. The number of aromatic nitrogens is 1. The Morgan fingerprint density at radius 2 is 1.96 bits per heavy atom. The highest BCUT2D eigenvalue weighted by Crippen LogP contribution is 2.33. The molecule has 0 saturated carbocycles. The smallest absolute Gasteiger partial charge is 0.341 e. The van der Waals surface area contributed by atoms with Gasteiger partial charge in [0, 0.05) is 37.1 Å². The van der Waals surface area contributed by atoms with Gasteiger partial charge in [-0.15, -0.1) is 0 Å². The Morgan fingerprint density at radius 1 is 1.23 bits per heavy atom. The number of nitrogens with one attached hydrogen (secondary N) is 1. The maximum absolute atomic E-state index is 12.5. The lowest BCUT2D eigenvalue weighted by atomic mass is 9.94. The Morgan fingerprint density at radius 3 is 2.65 bits per heavy atom. The molecule has 3 rings (SSSR count). The van der Waals surface area contributed by atoms with Crippen molar-refractivity contribution >= 4 is 28.5 Å². The van der Waals surface area contributed by atoms with Crippen LogP contribution in [0, 0.1) is 5.92 Å². The van der Waals surface area contributed by atoms with Crippen molar-refractivity contribution in [1.29, 1.82) is 0 Å². The molecule has 0 bridgehead atoms. The molecule has 0 aliphatic carbocycles. The minimum atomic E-state index is -0.355. The first-order valence-corrected chi connectivity index (χ1v) is 9.23. The molecule has 1 aliphatic rings. The molecule has 6 nitrogen and oxygen atoms in total. The van der Waals surface area contributed by atoms with Gasteiger partial charge in [-0.25, -0.2) is 4.79 Å². The van der Waals surface area contributed by atoms with Gasteiger partial charge in [-0.3, -0.25) is 9.78 Å². The van der Waals surface area contributed by atoms with Gasteiger partial charge in [0.2, 0.25) is 5.91 Å². The van der Waals surface area contributed by atoms with Crippen LogP contribution >= 0.6 is 0 Å². The summed E-state index contributed by atoms with van der Waals surface area (Å²) in [5.41, 5.74) is 2.20. The third-order valence-electron chi connectivity index (χ3n) is 4.78. The van der Waals surface area contributed by atoms with Crippen LogP contribution in [0.15, 0.2) is 30.5 Å². The molecule has 0 atom stereocenters. The molecule has 1 amide bonds. The van der Waals surface area contributed by atoms with Gasteiger partial charge in [-0.2, -0.15) is 0 Å². The van der Waals surface area contributed by atoms with Gasteiger partial charge in [0.25, 0.3) is 0 Å². The van der Waals surface area contributed by atoms with Gasteiger partial charge in [-0.1, -0.05) is 18.2 Å². The van der Waals surface area contributed by atoms with E-state index < -0.39 is 0 Å². The largest absolute Gasteiger partial charge is 0.462 e. The molecule has 1 saturated heterocycles. The first kappa shape index (κ1) is 18.2. The van der Waals surface area contributed by atoms with E-state index in [4.69, 9.17) is 4.74 Å². The maximum atomic E-state index is 12.5. The van der Waals surface area contributed by atoms with Gasteiger partial charge in [0.05, 0.1) is 17.8 Å². The van der Waals surface area contributed by atoms with Crippen molar-refractivity contribution in [3.8, 4) is 0 Å². The zero-order valence-corrected chi connectivity index (χ0v) is 15.3. The lowest BCUT2D eigenvalue weighted by Crippen LogP contribution is -2.41. The van der Waals surface area contributed by atoms with Crippen LogP contribution < -0.4 is 10.2 Å². The van der Waals surface area contributed by atoms with Crippen LogP contribution in [0.25, 0.3) is 10.9 Å². The average Bonchev–Trinajstić information content (AvgIpc) is 2.67. The minimum absolute atomic E-state index is 0.0327. The van der Waals surface area contributed by atoms with Crippen molar-refractivity contribution in [2.24, 2.45) is 5.92 Å². The predicted molar refractivity (Wildman–Crippen MR) is 101 cm³/mol. The zero-order valence-electron chi connectivity index (χ0n) is 15.3. The van der Waals surface area contributed by atoms with Crippen LogP contribution in [-0.2, 0) is 9.53 Å². The van der Waals surface area contributed by atoms with Crippen LogP contribution in [0.1, 0.15) is 37.0 Å². The molecule has 1 aromatic carbocycles. The lowest BCUT2D eigenvalue weighted by Gasteiger charge is -2.34. The van der Waals surface area contributed by atoms with E-state index >= 15 is 0 Å². The Hall–Kier alpha value is -2.63. The number of benzene rings is 1. The van der Waals surface area contributed by atoms with Crippen molar-refractivity contribution in [1.82, 2.24) is 10.3 Å². The second-order valence-electron chi connectivity index (χ2n) is 6.41. The second kappa shape index (κ2) is 8.17. The number of hydrogen-bond acceptors (Lipinski definition) is 5. The van der Waals surface area contributed by atoms with E-state index in [-0.39, 0.29) is 17.8 Å². The summed E-state index contributed by atoms with van der Waals surface area (Å²) in [4.78, 5) is 31.2. The minimum Gasteiger partial charge on any atom is -0.462 e. The number of nitrogens with zero attached hydrogens (tertiary/aromatic N) is 2. The van der Waals surface area contributed by atoms with E-state index in [0.29, 0.717) is 18.7 Å². The number of fused-ring (bicyclic) bond motifs is 1. The predicted octanol–water partition coefficient (Wildman–Crippen LogP) is 2.76. The van der Waals surface area contributed by atoms with E-state index in [1.165, 1.54) is 0 Å². The van der Waals surface area contributed by atoms with Crippen LogP contribution in [0.3, 0.4) is 0 Å². The summed E-state index contributed by atoms with van der Waals surface area (Å²) in [6.45, 7) is 6.15. The number of piperidine rings is 1. The zero-order chi connectivity index (χ0) is 18.5. The highest BCUT2D eigenvalue weighted by atomic mass is 16.5. The van der Waals surface area contributed by atoms with Crippen molar-refractivity contribution in [3.63, 3.8) is 0 Å². The number of pyridine rings is 1. The number of anilines is 1. The summed E-state index contributed by atoms with van der Waals surface area (Å²) in [6, 6.07) is 7.81. The number of carbonyl (C=O) groups is 2. The molecule has 1 aromatic heterocycles. The summed E-state index contributed by atoms with van der Waals surface area (Å²) in [7, 11) is 0. The molecule has 1 aliphatic heterocycles. The fourth-order valence-corrected chi connectivity index (χ4v) is 3.51.